The minimum absolute atomic E-state index is 0.0158. The first-order valence-electron chi connectivity index (χ1n) is 8.64. The lowest BCUT2D eigenvalue weighted by Crippen LogP contribution is -2.44. The fraction of sp³-hybridized carbons (Fsp3) is 0.824. The number of carbonyl (C=O) groups excluding carboxylic acids is 1. The molecule has 1 atom stereocenters. The molecule has 1 fully saturated rings. The van der Waals surface area contributed by atoms with Crippen LogP contribution in [-0.2, 0) is 4.79 Å². The van der Waals surface area contributed by atoms with Gasteiger partial charge < -0.3 is 10.4 Å². The fourth-order valence-electron chi connectivity index (χ4n) is 3.33. The highest BCUT2D eigenvalue weighted by atomic mass is 19.1. The van der Waals surface area contributed by atoms with Crippen molar-refractivity contribution in [1.82, 2.24) is 10.3 Å². The van der Waals surface area contributed by atoms with Crippen LogP contribution in [0.4, 0.5) is 9.18 Å². The van der Waals surface area contributed by atoms with Crippen LogP contribution in [0.25, 0.3) is 0 Å². The lowest BCUT2D eigenvalue weighted by atomic mass is 9.83. The molecule has 2 amide bonds. The third-order valence-electron chi connectivity index (χ3n) is 4.87. The zero-order valence-electron chi connectivity index (χ0n) is 14.8. The van der Waals surface area contributed by atoms with Crippen molar-refractivity contribution in [1.29, 1.82) is 0 Å². The Kier molecular flexibility index (Phi) is 5.50. The van der Waals surface area contributed by atoms with E-state index in [0.717, 1.165) is 19.3 Å². The molecule has 1 saturated carbocycles. The Bertz CT molecular complexity index is 522. The molecular weight excluding hydrogens is 313 g/mol. The molecule has 0 saturated heterocycles. The summed E-state index contributed by atoms with van der Waals surface area (Å²) in [5.41, 5.74) is -1.02. The van der Waals surface area contributed by atoms with Crippen LogP contribution in [0.15, 0.2) is 5.10 Å². The molecule has 2 N–H and O–H groups in total. The predicted molar refractivity (Wildman–Crippen MR) is 89.7 cm³/mol. The molecule has 2 rings (SSSR count). The number of hydrogen-bond acceptors (Lipinski definition) is 3. The number of alkyl halides is 1. The van der Waals surface area contributed by atoms with Crippen LogP contribution in [0.3, 0.4) is 0 Å². The van der Waals surface area contributed by atoms with E-state index in [1.54, 1.807) is 0 Å². The Labute approximate surface area is 142 Å². The van der Waals surface area contributed by atoms with Crippen LogP contribution >= 0.6 is 0 Å². The molecule has 136 valence electrons. The Morgan fingerprint density at radius 2 is 2.00 bits per heavy atom. The summed E-state index contributed by atoms with van der Waals surface area (Å²) in [6.07, 6.45) is 3.11. The summed E-state index contributed by atoms with van der Waals surface area (Å²) in [6.45, 7) is 5.81. The van der Waals surface area contributed by atoms with Gasteiger partial charge >= 0.3 is 6.09 Å². The molecule has 24 heavy (non-hydrogen) atoms. The Morgan fingerprint density at radius 3 is 2.54 bits per heavy atom. The van der Waals surface area contributed by atoms with Crippen molar-refractivity contribution in [2.45, 2.75) is 77.4 Å². The first-order valence-corrected chi connectivity index (χ1v) is 8.64. The van der Waals surface area contributed by atoms with Crippen LogP contribution < -0.4 is 5.32 Å². The zero-order valence-corrected chi connectivity index (χ0v) is 14.8. The second-order valence-electron chi connectivity index (χ2n) is 8.08. The third kappa shape index (κ3) is 4.92. The summed E-state index contributed by atoms with van der Waals surface area (Å²) in [7, 11) is 0. The molecule has 0 aromatic heterocycles. The highest BCUT2D eigenvalue weighted by molar-refractivity contribution is 6.05. The highest BCUT2D eigenvalue weighted by Gasteiger charge is 2.38. The van der Waals surface area contributed by atoms with E-state index in [0.29, 0.717) is 25.0 Å². The number of hydrogen-bond donors (Lipinski definition) is 2. The van der Waals surface area contributed by atoms with Crippen molar-refractivity contribution in [3.8, 4) is 0 Å². The van der Waals surface area contributed by atoms with Crippen molar-refractivity contribution < 1.29 is 19.1 Å². The number of halogens is 1. The lowest BCUT2D eigenvalue weighted by molar-refractivity contribution is -0.131. The van der Waals surface area contributed by atoms with E-state index in [9.17, 15) is 14.0 Å². The van der Waals surface area contributed by atoms with Gasteiger partial charge in [0.2, 0.25) is 5.91 Å². The van der Waals surface area contributed by atoms with Gasteiger partial charge in [0.1, 0.15) is 5.67 Å². The van der Waals surface area contributed by atoms with Gasteiger partial charge in [-0.25, -0.2) is 14.2 Å². The van der Waals surface area contributed by atoms with E-state index >= 15 is 0 Å². The Hall–Kier alpha value is -1.66. The van der Waals surface area contributed by atoms with Gasteiger partial charge in [0, 0.05) is 12.5 Å². The van der Waals surface area contributed by atoms with Crippen LogP contribution in [0.1, 0.15) is 65.7 Å². The van der Waals surface area contributed by atoms with Crippen LogP contribution in [0.5, 0.6) is 0 Å². The lowest BCUT2D eigenvalue weighted by Gasteiger charge is -2.31. The average Bonchev–Trinajstić information content (AvgIpc) is 2.77. The molecule has 7 heteroatoms. The van der Waals surface area contributed by atoms with Gasteiger partial charge in [-0.05, 0) is 18.3 Å². The molecule has 1 unspecified atom stereocenters. The van der Waals surface area contributed by atoms with Crippen molar-refractivity contribution in [3.63, 3.8) is 0 Å². The summed E-state index contributed by atoms with van der Waals surface area (Å²) in [6, 6.07) is -0.351. The third-order valence-corrected chi connectivity index (χ3v) is 4.87. The maximum absolute atomic E-state index is 14.8. The number of carboxylic acid groups (broad SMARTS) is 1. The normalized spacial score (nSPS) is 22.2. The van der Waals surface area contributed by atoms with E-state index in [4.69, 9.17) is 5.11 Å². The standard InChI is InChI=1S/C17H28FN3O3/c1-16(2,3)13(19-15(23)24)9-12-10-14(22)21(20-12)11-17(18)7-5-4-6-8-17/h13,19H,4-11H2,1-3H3,(H,23,24). The molecular formula is C17H28FN3O3. The largest absolute Gasteiger partial charge is 0.465 e. The number of hydrazone groups is 1. The summed E-state index contributed by atoms with van der Waals surface area (Å²) >= 11 is 0. The van der Waals surface area contributed by atoms with Crippen molar-refractivity contribution in [2.24, 2.45) is 10.5 Å². The van der Waals surface area contributed by atoms with Crippen molar-refractivity contribution >= 4 is 17.7 Å². The van der Waals surface area contributed by atoms with Gasteiger partial charge in [0.25, 0.3) is 0 Å². The average molecular weight is 341 g/mol. The topological polar surface area (TPSA) is 82.0 Å². The fourth-order valence-corrected chi connectivity index (χ4v) is 3.33. The number of carbonyl (C=O) groups is 2. The Morgan fingerprint density at radius 1 is 1.38 bits per heavy atom. The number of nitrogens with zero attached hydrogens (tertiary/aromatic N) is 2. The molecule has 6 nitrogen and oxygen atoms in total. The van der Waals surface area contributed by atoms with Crippen LogP contribution in [0, 0.1) is 5.41 Å². The van der Waals surface area contributed by atoms with Crippen LogP contribution in [0.2, 0.25) is 0 Å². The molecule has 0 bridgehead atoms. The minimum atomic E-state index is -1.34. The molecule has 1 aliphatic carbocycles. The van der Waals surface area contributed by atoms with Gasteiger partial charge in [-0.3, -0.25) is 4.79 Å². The number of rotatable bonds is 5. The predicted octanol–water partition coefficient (Wildman–Crippen LogP) is 3.32. The molecule has 0 aromatic rings. The molecule has 1 heterocycles. The second kappa shape index (κ2) is 7.07. The monoisotopic (exact) mass is 341 g/mol. The molecule has 0 aromatic carbocycles. The first kappa shape index (κ1) is 18.7. The number of amides is 2. The van der Waals surface area contributed by atoms with E-state index < -0.39 is 11.8 Å². The molecule has 0 radical (unpaired) electrons. The summed E-state index contributed by atoms with van der Waals surface area (Å²) in [5, 5.41) is 17.0. The van der Waals surface area contributed by atoms with Crippen molar-refractivity contribution in [3.05, 3.63) is 0 Å². The smallest absolute Gasteiger partial charge is 0.404 e. The first-order chi connectivity index (χ1) is 11.1. The van der Waals surface area contributed by atoms with Gasteiger partial charge in [0.15, 0.2) is 0 Å². The summed E-state index contributed by atoms with van der Waals surface area (Å²) in [4.78, 5) is 23.1. The SMILES string of the molecule is CC(C)(C)C(CC1=NN(CC2(F)CCCCC2)C(=O)C1)NC(=O)O. The maximum atomic E-state index is 14.8. The molecule has 2 aliphatic rings. The second-order valence-corrected chi connectivity index (χ2v) is 8.08. The van der Waals surface area contributed by atoms with E-state index in [-0.39, 0.29) is 30.3 Å². The molecule has 0 spiro atoms. The number of nitrogens with one attached hydrogen (secondary N) is 1. The van der Waals surface area contributed by atoms with E-state index in [2.05, 4.69) is 10.4 Å². The van der Waals surface area contributed by atoms with E-state index in [1.807, 2.05) is 20.8 Å². The minimum Gasteiger partial charge on any atom is -0.465 e. The quantitative estimate of drug-likeness (QED) is 0.805. The van der Waals surface area contributed by atoms with Gasteiger partial charge in [-0.15, -0.1) is 0 Å². The summed E-state index contributed by atoms with van der Waals surface area (Å²) < 4.78 is 14.8. The summed E-state index contributed by atoms with van der Waals surface area (Å²) in [5.74, 6) is -0.199. The van der Waals surface area contributed by atoms with Crippen LogP contribution in [-0.4, -0.2) is 46.1 Å². The van der Waals surface area contributed by atoms with Gasteiger partial charge in [0.05, 0.1) is 18.7 Å². The molecule has 1 aliphatic heterocycles. The zero-order chi connectivity index (χ0) is 18.0. The highest BCUT2D eigenvalue weighted by Crippen LogP contribution is 2.34. The van der Waals surface area contributed by atoms with Gasteiger partial charge in [-0.1, -0.05) is 40.0 Å². The maximum Gasteiger partial charge on any atom is 0.404 e. The van der Waals surface area contributed by atoms with Gasteiger partial charge in [-0.2, -0.15) is 5.10 Å². The Balaban J connectivity index is 2.03. The van der Waals surface area contributed by atoms with E-state index in [1.165, 1.54) is 5.01 Å². The van der Waals surface area contributed by atoms with Crippen molar-refractivity contribution in [2.75, 3.05) is 6.54 Å².